The Morgan fingerprint density at radius 1 is 1.36 bits per heavy atom. The van der Waals surface area contributed by atoms with Gasteiger partial charge in [-0.25, -0.2) is 0 Å². The largest absolute Gasteiger partial charge is 0.411 e. The normalized spacial score (nSPS) is 13.0. The predicted octanol–water partition coefficient (Wildman–Crippen LogP) is 0.428. The molecule has 0 atom stereocenters. The van der Waals surface area contributed by atoms with Gasteiger partial charge in [0.05, 0.1) is 0 Å². The summed E-state index contributed by atoms with van der Waals surface area (Å²) in [5.41, 5.74) is 0.145. The van der Waals surface area contributed by atoms with Crippen LogP contribution in [0.4, 0.5) is 0 Å². The van der Waals surface area contributed by atoms with Crippen molar-refractivity contribution in [1.82, 2.24) is 0 Å². The van der Waals surface area contributed by atoms with E-state index >= 15 is 0 Å². The number of Topliss-reactive ketones (excluding diaryl/α,β-unsaturated/α-hetero) is 1. The zero-order chi connectivity index (χ0) is 8.85. The van der Waals surface area contributed by atoms with Crippen LogP contribution in [0, 0.1) is 0 Å². The first kappa shape index (κ1) is 9.61. The van der Waals surface area contributed by atoms with Crippen LogP contribution in [0.5, 0.6) is 0 Å². The van der Waals surface area contributed by atoms with Crippen LogP contribution >= 0.6 is 0 Å². The molecule has 0 unspecified atom stereocenters. The highest BCUT2D eigenvalue weighted by Crippen LogP contribution is 1.85. The minimum atomic E-state index is -0.436. The van der Waals surface area contributed by atoms with Gasteiger partial charge in [-0.1, -0.05) is 10.3 Å². The van der Waals surface area contributed by atoms with E-state index in [4.69, 9.17) is 5.21 Å². The van der Waals surface area contributed by atoms with Crippen molar-refractivity contribution in [2.24, 2.45) is 10.3 Å². The lowest BCUT2D eigenvalue weighted by Gasteiger charge is -1.94. The molecule has 0 heterocycles. The molecule has 0 aliphatic carbocycles. The van der Waals surface area contributed by atoms with E-state index in [0.29, 0.717) is 0 Å². The van der Waals surface area contributed by atoms with Crippen LogP contribution in [-0.2, 0) is 9.63 Å². The highest BCUT2D eigenvalue weighted by atomic mass is 16.6. The van der Waals surface area contributed by atoms with Gasteiger partial charge in [0, 0.05) is 0 Å². The third kappa shape index (κ3) is 2.79. The molecule has 0 bridgehead atoms. The van der Waals surface area contributed by atoms with Crippen LogP contribution in [0.3, 0.4) is 0 Å². The number of oxime groups is 2. The van der Waals surface area contributed by atoms with Crippen molar-refractivity contribution < 1.29 is 14.8 Å². The molecule has 0 saturated heterocycles. The molecule has 0 aliphatic heterocycles. The molecule has 0 rings (SSSR count). The Hall–Kier alpha value is -1.39. The lowest BCUT2D eigenvalue weighted by Crippen LogP contribution is -2.19. The maximum Gasteiger partial charge on any atom is 0.227 e. The maximum atomic E-state index is 11.0. The first-order chi connectivity index (χ1) is 5.13. The predicted molar refractivity (Wildman–Crippen MR) is 40.0 cm³/mol. The van der Waals surface area contributed by atoms with Gasteiger partial charge >= 0.3 is 0 Å². The van der Waals surface area contributed by atoms with Crippen LogP contribution in [0.25, 0.3) is 0 Å². The zero-order valence-corrected chi connectivity index (χ0v) is 6.66. The molecular weight excluding hydrogens is 148 g/mol. The van der Waals surface area contributed by atoms with E-state index in [1.54, 1.807) is 0 Å². The molecule has 11 heavy (non-hydrogen) atoms. The van der Waals surface area contributed by atoms with Gasteiger partial charge in [0.1, 0.15) is 18.5 Å². The lowest BCUT2D eigenvalue weighted by atomic mass is 10.2. The summed E-state index contributed by atoms with van der Waals surface area (Å²) in [6.45, 7) is 2.86. The fraction of sp³-hybridized carbons (Fsp3) is 0.500. The third-order valence-electron chi connectivity index (χ3n) is 1.04. The Balaban J connectivity index is 4.38. The van der Waals surface area contributed by atoms with Crippen LogP contribution in [0.2, 0.25) is 0 Å². The Morgan fingerprint density at radius 3 is 2.27 bits per heavy atom. The molecule has 0 aromatic carbocycles. The van der Waals surface area contributed by atoms with E-state index in [1.165, 1.54) is 21.0 Å². The fourth-order valence-corrected chi connectivity index (χ4v) is 0.486. The molecule has 5 heteroatoms. The van der Waals surface area contributed by atoms with Crippen LogP contribution in [0.1, 0.15) is 13.8 Å². The summed E-state index contributed by atoms with van der Waals surface area (Å²) >= 11 is 0. The minimum Gasteiger partial charge on any atom is -0.411 e. The van der Waals surface area contributed by atoms with Gasteiger partial charge in [0.15, 0.2) is 0 Å². The quantitative estimate of drug-likeness (QED) is 0.367. The molecule has 0 fully saturated rings. The second-order valence-electron chi connectivity index (χ2n) is 1.87. The van der Waals surface area contributed by atoms with Crippen molar-refractivity contribution in [3.8, 4) is 0 Å². The summed E-state index contributed by atoms with van der Waals surface area (Å²) < 4.78 is 0. The van der Waals surface area contributed by atoms with Gasteiger partial charge in [-0.15, -0.1) is 0 Å². The Kier molecular flexibility index (Phi) is 3.87. The maximum absolute atomic E-state index is 11.0. The Labute approximate surface area is 64.3 Å². The standard InChI is InChI=1S/C6H10N2O3/c1-4(7-10)6(9)5(2)8-11-3/h10H,1-3H3/b7-4+,8-5-. The molecule has 5 nitrogen and oxygen atoms in total. The monoisotopic (exact) mass is 158 g/mol. The van der Waals surface area contributed by atoms with Crippen LogP contribution < -0.4 is 0 Å². The van der Waals surface area contributed by atoms with Crippen molar-refractivity contribution in [2.75, 3.05) is 7.11 Å². The van der Waals surface area contributed by atoms with Gasteiger partial charge in [-0.2, -0.15) is 0 Å². The van der Waals surface area contributed by atoms with E-state index in [-0.39, 0.29) is 11.4 Å². The highest BCUT2D eigenvalue weighted by Gasteiger charge is 2.10. The average molecular weight is 158 g/mol. The smallest absolute Gasteiger partial charge is 0.227 e. The number of carbonyl (C=O) groups is 1. The summed E-state index contributed by atoms with van der Waals surface area (Å²) in [5, 5.41) is 14.3. The third-order valence-corrected chi connectivity index (χ3v) is 1.04. The molecule has 0 saturated carbocycles. The molecule has 0 aromatic heterocycles. The number of rotatable bonds is 3. The van der Waals surface area contributed by atoms with Crippen molar-refractivity contribution in [2.45, 2.75) is 13.8 Å². The summed E-state index contributed by atoms with van der Waals surface area (Å²) in [5.74, 6) is -0.436. The molecule has 0 spiro atoms. The second-order valence-corrected chi connectivity index (χ2v) is 1.87. The van der Waals surface area contributed by atoms with E-state index in [0.717, 1.165) is 0 Å². The first-order valence-corrected chi connectivity index (χ1v) is 2.94. The number of nitrogens with zero attached hydrogens (tertiary/aromatic N) is 2. The molecule has 0 amide bonds. The Bertz CT molecular complexity index is 208. The van der Waals surface area contributed by atoms with E-state index in [1.807, 2.05) is 0 Å². The van der Waals surface area contributed by atoms with Gasteiger partial charge in [0.2, 0.25) is 5.78 Å². The van der Waals surface area contributed by atoms with Crippen molar-refractivity contribution in [3.63, 3.8) is 0 Å². The first-order valence-electron chi connectivity index (χ1n) is 2.94. The van der Waals surface area contributed by atoms with Crippen molar-refractivity contribution in [1.29, 1.82) is 0 Å². The average Bonchev–Trinajstić information content (AvgIpc) is 2.02. The van der Waals surface area contributed by atoms with Crippen molar-refractivity contribution >= 4 is 17.2 Å². The molecule has 1 N–H and O–H groups in total. The molecular formula is C6H10N2O3. The van der Waals surface area contributed by atoms with Gasteiger partial charge in [-0.3, -0.25) is 4.79 Å². The van der Waals surface area contributed by atoms with E-state index in [2.05, 4.69) is 15.1 Å². The number of hydrogen-bond acceptors (Lipinski definition) is 5. The lowest BCUT2D eigenvalue weighted by molar-refractivity contribution is -0.107. The minimum absolute atomic E-state index is 0.0108. The molecule has 0 aromatic rings. The van der Waals surface area contributed by atoms with E-state index < -0.39 is 5.78 Å². The zero-order valence-electron chi connectivity index (χ0n) is 6.66. The summed E-state index contributed by atoms with van der Waals surface area (Å²) in [6.07, 6.45) is 0. The van der Waals surface area contributed by atoms with Crippen LogP contribution in [-0.4, -0.2) is 29.5 Å². The summed E-state index contributed by atoms with van der Waals surface area (Å²) in [6, 6.07) is 0. The second kappa shape index (κ2) is 4.43. The number of hydrogen-bond donors (Lipinski definition) is 1. The van der Waals surface area contributed by atoms with E-state index in [9.17, 15) is 4.79 Å². The number of ketones is 1. The summed E-state index contributed by atoms with van der Waals surface area (Å²) in [7, 11) is 1.34. The fourth-order valence-electron chi connectivity index (χ4n) is 0.486. The number of carbonyl (C=O) groups excluding carboxylic acids is 1. The Morgan fingerprint density at radius 2 is 1.91 bits per heavy atom. The topological polar surface area (TPSA) is 71.2 Å². The van der Waals surface area contributed by atoms with Gasteiger partial charge < -0.3 is 10.0 Å². The van der Waals surface area contributed by atoms with Gasteiger partial charge in [0.25, 0.3) is 0 Å². The van der Waals surface area contributed by atoms with Crippen LogP contribution in [0.15, 0.2) is 10.3 Å². The van der Waals surface area contributed by atoms with Crippen molar-refractivity contribution in [3.05, 3.63) is 0 Å². The van der Waals surface area contributed by atoms with Gasteiger partial charge in [-0.05, 0) is 13.8 Å². The summed E-state index contributed by atoms with van der Waals surface area (Å²) in [4.78, 5) is 15.3. The highest BCUT2D eigenvalue weighted by molar-refractivity contribution is 6.65. The molecule has 0 radical (unpaired) electrons. The molecule has 0 aliphatic rings. The SMILES string of the molecule is CO/N=C(/C)C(=O)/C(C)=N/O. The molecule has 62 valence electrons.